The van der Waals surface area contributed by atoms with Crippen molar-refractivity contribution in [2.24, 2.45) is 0 Å². The van der Waals surface area contributed by atoms with Crippen molar-refractivity contribution < 1.29 is 24.5 Å². The van der Waals surface area contributed by atoms with Gasteiger partial charge in [-0.2, -0.15) is 0 Å². The molecule has 0 heterocycles. The van der Waals surface area contributed by atoms with Crippen molar-refractivity contribution in [3.8, 4) is 0 Å². The molecular formula is C57H99NO5. The Morgan fingerprint density at radius 1 is 0.492 bits per heavy atom. The number of rotatable bonds is 46. The van der Waals surface area contributed by atoms with Gasteiger partial charge in [0, 0.05) is 6.42 Å². The standard InChI is InChI=1S/C57H99NO5/c1-4-7-10-13-16-19-22-24-26-27-28-29-30-32-35-38-41-44-47-50-57(62)63-53(48-45-42-39-36-33-21-18-15-12-9-6-3)51-56(61)58-54(52-59)55(60)49-46-43-40-37-34-31-25-23-20-17-14-11-8-5-2/h9,12,15-16,18-19,21,24,26,28-29,32-33,35,53-55,59-60H,4-8,10-11,13-14,17,20,22-23,25,27,30-31,34,36-52H2,1-3H3,(H,58,61)/b12-9+,18-15+,19-16-,26-24-,29-28-,33-21-,35-32-. The zero-order valence-corrected chi connectivity index (χ0v) is 41.2. The van der Waals surface area contributed by atoms with Crippen LogP contribution in [-0.4, -0.2) is 46.9 Å². The number of allylic oxidation sites excluding steroid dienone is 14. The number of amides is 1. The molecule has 63 heavy (non-hydrogen) atoms. The number of nitrogens with one attached hydrogen (secondary N) is 1. The average molecular weight is 878 g/mol. The Labute approximate surface area is 389 Å². The van der Waals surface area contributed by atoms with Gasteiger partial charge in [0.2, 0.25) is 5.91 Å². The molecule has 0 spiro atoms. The third-order valence-corrected chi connectivity index (χ3v) is 11.5. The molecule has 0 fully saturated rings. The maximum Gasteiger partial charge on any atom is 0.306 e. The molecule has 0 bridgehead atoms. The van der Waals surface area contributed by atoms with Crippen molar-refractivity contribution in [2.45, 2.75) is 257 Å². The molecule has 0 aliphatic heterocycles. The van der Waals surface area contributed by atoms with Gasteiger partial charge in [-0.15, -0.1) is 0 Å². The lowest BCUT2D eigenvalue weighted by atomic mass is 10.0. The van der Waals surface area contributed by atoms with Gasteiger partial charge in [-0.25, -0.2) is 0 Å². The zero-order valence-electron chi connectivity index (χ0n) is 41.2. The number of hydrogen-bond donors (Lipinski definition) is 3. The first kappa shape index (κ1) is 60.0. The Morgan fingerprint density at radius 3 is 1.46 bits per heavy atom. The highest BCUT2D eigenvalue weighted by Gasteiger charge is 2.24. The molecule has 0 aromatic rings. The van der Waals surface area contributed by atoms with Crippen LogP contribution in [0.25, 0.3) is 0 Å². The second-order valence-electron chi connectivity index (χ2n) is 17.6. The zero-order chi connectivity index (χ0) is 45.9. The summed E-state index contributed by atoms with van der Waals surface area (Å²) in [4.78, 5) is 26.1. The van der Waals surface area contributed by atoms with Crippen LogP contribution in [-0.2, 0) is 14.3 Å². The van der Waals surface area contributed by atoms with Crippen LogP contribution in [0.15, 0.2) is 85.1 Å². The molecule has 6 heteroatoms. The molecule has 3 atom stereocenters. The molecular weight excluding hydrogens is 779 g/mol. The minimum Gasteiger partial charge on any atom is -0.462 e. The molecule has 0 saturated heterocycles. The molecule has 6 nitrogen and oxygen atoms in total. The van der Waals surface area contributed by atoms with Gasteiger partial charge < -0.3 is 20.3 Å². The number of hydrogen-bond acceptors (Lipinski definition) is 5. The van der Waals surface area contributed by atoms with E-state index in [2.05, 4.69) is 99.0 Å². The lowest BCUT2D eigenvalue weighted by Gasteiger charge is -2.24. The van der Waals surface area contributed by atoms with Crippen LogP contribution in [0.4, 0.5) is 0 Å². The molecule has 1 amide bonds. The lowest BCUT2D eigenvalue weighted by molar-refractivity contribution is -0.151. The molecule has 362 valence electrons. The van der Waals surface area contributed by atoms with Crippen molar-refractivity contribution in [3.63, 3.8) is 0 Å². The fourth-order valence-corrected chi connectivity index (χ4v) is 7.53. The summed E-state index contributed by atoms with van der Waals surface area (Å²) in [6.45, 7) is 6.30. The second kappa shape index (κ2) is 50.0. The maximum atomic E-state index is 13.2. The summed E-state index contributed by atoms with van der Waals surface area (Å²) >= 11 is 0. The number of esters is 1. The van der Waals surface area contributed by atoms with E-state index in [4.69, 9.17) is 4.74 Å². The van der Waals surface area contributed by atoms with Crippen molar-refractivity contribution in [1.29, 1.82) is 0 Å². The SMILES string of the molecule is CC/C=C/C=C/C=C\CCCCCC(CC(=O)NC(CO)C(O)CCCCCCCCCCCCCCCC)OC(=O)CCCCC/C=C\C/C=C\C/C=C\C/C=C\CCCCC. The first-order valence-corrected chi connectivity index (χ1v) is 26.3. The highest BCUT2D eigenvalue weighted by molar-refractivity contribution is 5.77. The predicted octanol–water partition coefficient (Wildman–Crippen LogP) is 16.0. The molecule has 0 saturated carbocycles. The second-order valence-corrected chi connectivity index (χ2v) is 17.6. The largest absolute Gasteiger partial charge is 0.462 e. The number of aliphatic hydroxyl groups is 2. The van der Waals surface area contributed by atoms with E-state index in [9.17, 15) is 19.8 Å². The molecule has 0 aliphatic carbocycles. The van der Waals surface area contributed by atoms with Crippen LogP contribution >= 0.6 is 0 Å². The summed E-state index contributed by atoms with van der Waals surface area (Å²) in [6, 6.07) is -0.723. The molecule has 3 unspecified atom stereocenters. The summed E-state index contributed by atoms with van der Waals surface area (Å²) in [6.07, 6.45) is 65.0. The van der Waals surface area contributed by atoms with E-state index >= 15 is 0 Å². The van der Waals surface area contributed by atoms with E-state index in [0.29, 0.717) is 19.3 Å². The fraction of sp³-hybridized carbons (Fsp3) is 0.719. The highest BCUT2D eigenvalue weighted by atomic mass is 16.5. The minimum absolute atomic E-state index is 0.0376. The number of unbranched alkanes of at least 4 members (excludes halogenated alkanes) is 22. The van der Waals surface area contributed by atoms with Gasteiger partial charge in [0.1, 0.15) is 6.10 Å². The molecule has 0 aromatic heterocycles. The summed E-state index contributed by atoms with van der Waals surface area (Å²) < 4.78 is 5.90. The van der Waals surface area contributed by atoms with Gasteiger partial charge in [0.05, 0.1) is 25.2 Å². The summed E-state index contributed by atoms with van der Waals surface area (Å²) in [5.74, 6) is -0.549. The van der Waals surface area contributed by atoms with E-state index in [0.717, 1.165) is 96.3 Å². The summed E-state index contributed by atoms with van der Waals surface area (Å²) in [5.41, 5.74) is 0. The predicted molar refractivity (Wildman–Crippen MR) is 273 cm³/mol. The average Bonchev–Trinajstić information content (AvgIpc) is 3.28. The summed E-state index contributed by atoms with van der Waals surface area (Å²) in [7, 11) is 0. The van der Waals surface area contributed by atoms with Crippen molar-refractivity contribution in [1.82, 2.24) is 5.32 Å². The lowest BCUT2D eigenvalue weighted by Crippen LogP contribution is -2.46. The van der Waals surface area contributed by atoms with Crippen LogP contribution in [0.1, 0.15) is 239 Å². The number of ether oxygens (including phenoxy) is 1. The van der Waals surface area contributed by atoms with Crippen molar-refractivity contribution >= 4 is 11.9 Å². The Bertz CT molecular complexity index is 1210. The normalized spacial score (nSPS) is 13.9. The number of carbonyl (C=O) groups is 2. The molecule has 0 aliphatic rings. The number of carbonyl (C=O) groups excluding carboxylic acids is 2. The van der Waals surface area contributed by atoms with Gasteiger partial charge in [-0.1, -0.05) is 221 Å². The van der Waals surface area contributed by atoms with Crippen molar-refractivity contribution in [3.05, 3.63) is 85.1 Å². The molecule has 3 N–H and O–H groups in total. The van der Waals surface area contributed by atoms with Crippen LogP contribution in [0, 0.1) is 0 Å². The van der Waals surface area contributed by atoms with Gasteiger partial charge in [-0.3, -0.25) is 9.59 Å². The van der Waals surface area contributed by atoms with E-state index in [-0.39, 0.29) is 24.9 Å². The first-order valence-electron chi connectivity index (χ1n) is 26.3. The van der Waals surface area contributed by atoms with E-state index in [1.807, 2.05) is 12.2 Å². The smallest absolute Gasteiger partial charge is 0.306 e. The highest BCUT2D eigenvalue weighted by Crippen LogP contribution is 2.17. The van der Waals surface area contributed by atoms with Gasteiger partial charge in [0.25, 0.3) is 0 Å². The van der Waals surface area contributed by atoms with Crippen LogP contribution < -0.4 is 5.32 Å². The third-order valence-electron chi connectivity index (χ3n) is 11.5. The Balaban J connectivity index is 4.61. The van der Waals surface area contributed by atoms with E-state index < -0.39 is 18.2 Å². The minimum atomic E-state index is -0.806. The van der Waals surface area contributed by atoms with Gasteiger partial charge >= 0.3 is 5.97 Å². The topological polar surface area (TPSA) is 95.9 Å². The Morgan fingerprint density at radius 2 is 0.921 bits per heavy atom. The van der Waals surface area contributed by atoms with Crippen LogP contribution in [0.2, 0.25) is 0 Å². The first-order chi connectivity index (χ1) is 31.0. The summed E-state index contributed by atoms with van der Waals surface area (Å²) in [5, 5.41) is 23.8. The van der Waals surface area contributed by atoms with Crippen LogP contribution in [0.3, 0.4) is 0 Å². The van der Waals surface area contributed by atoms with Crippen LogP contribution in [0.5, 0.6) is 0 Å². The third kappa shape index (κ3) is 45.4. The molecule has 0 rings (SSSR count). The van der Waals surface area contributed by atoms with Crippen molar-refractivity contribution in [2.75, 3.05) is 6.61 Å². The monoisotopic (exact) mass is 878 g/mol. The van der Waals surface area contributed by atoms with E-state index in [1.54, 1.807) is 0 Å². The quantitative estimate of drug-likeness (QED) is 0.0245. The molecule has 0 aromatic carbocycles. The van der Waals surface area contributed by atoms with Gasteiger partial charge in [-0.05, 0) is 89.9 Å². The van der Waals surface area contributed by atoms with E-state index in [1.165, 1.54) is 96.3 Å². The molecule has 0 radical (unpaired) electrons. The maximum absolute atomic E-state index is 13.2. The Hall–Kier alpha value is -2.96. The number of aliphatic hydroxyl groups excluding tert-OH is 2. The van der Waals surface area contributed by atoms with Gasteiger partial charge in [0.15, 0.2) is 0 Å². The Kier molecular flexibility index (Phi) is 47.7. The fourth-order valence-electron chi connectivity index (χ4n) is 7.53.